The highest BCUT2D eigenvalue weighted by molar-refractivity contribution is 9.10. The maximum Gasteiger partial charge on any atom is 0.274 e. The van der Waals surface area contributed by atoms with Crippen LogP contribution in [-0.4, -0.2) is 14.5 Å². The molecule has 0 aliphatic carbocycles. The Labute approximate surface area is 137 Å². The molecule has 0 saturated heterocycles. The molecule has 6 heteroatoms. The molecule has 0 spiro atoms. The molecule has 0 atom stereocenters. The van der Waals surface area contributed by atoms with E-state index in [2.05, 4.69) is 20.9 Å². The fourth-order valence-electron chi connectivity index (χ4n) is 2.38. The monoisotopic (exact) mass is 372 g/mol. The first-order valence-corrected chi connectivity index (χ1v) is 8.15. The zero-order valence-corrected chi connectivity index (χ0v) is 13.6. The van der Waals surface area contributed by atoms with Gasteiger partial charge in [0.2, 0.25) is 0 Å². The van der Waals surface area contributed by atoms with Crippen LogP contribution in [0.25, 0.3) is 22.1 Å². The summed E-state index contributed by atoms with van der Waals surface area (Å²) in [6, 6.07) is 12.7. The van der Waals surface area contributed by atoms with Crippen molar-refractivity contribution >= 4 is 49.3 Å². The number of imidazole rings is 1. The highest BCUT2D eigenvalue weighted by Gasteiger charge is 2.10. The van der Waals surface area contributed by atoms with Crippen molar-refractivity contribution in [3.05, 3.63) is 67.4 Å². The van der Waals surface area contributed by atoms with Crippen molar-refractivity contribution in [2.45, 2.75) is 0 Å². The Morgan fingerprint density at radius 3 is 2.86 bits per heavy atom. The van der Waals surface area contributed by atoms with Gasteiger partial charge in [-0.15, -0.1) is 0 Å². The van der Waals surface area contributed by atoms with E-state index in [1.165, 1.54) is 11.3 Å². The first kappa shape index (κ1) is 13.5. The summed E-state index contributed by atoms with van der Waals surface area (Å²) in [7, 11) is 0. The van der Waals surface area contributed by atoms with Gasteiger partial charge in [-0.05, 0) is 51.8 Å². The summed E-state index contributed by atoms with van der Waals surface area (Å²) < 4.78 is 2.85. The number of fused-ring (bicyclic) bond motifs is 3. The first-order valence-electron chi connectivity index (χ1n) is 6.54. The van der Waals surface area contributed by atoms with Gasteiger partial charge in [-0.25, -0.2) is 9.38 Å². The van der Waals surface area contributed by atoms with Crippen molar-refractivity contribution in [3.63, 3.8) is 0 Å². The zero-order valence-electron chi connectivity index (χ0n) is 11.2. The third kappa shape index (κ3) is 2.03. The lowest BCUT2D eigenvalue weighted by molar-refractivity contribution is 0.472. The number of thiazole rings is 1. The van der Waals surface area contributed by atoms with E-state index in [1.54, 1.807) is 28.7 Å². The number of nitrogens with zero attached hydrogens (tertiary/aromatic N) is 2. The van der Waals surface area contributed by atoms with Crippen LogP contribution in [0.4, 0.5) is 0 Å². The van der Waals surface area contributed by atoms with Crippen LogP contribution in [0.1, 0.15) is 5.56 Å². The van der Waals surface area contributed by atoms with Gasteiger partial charge in [-0.3, -0.25) is 4.79 Å². The molecule has 0 aliphatic heterocycles. The normalized spacial score (nSPS) is 12.5. The van der Waals surface area contributed by atoms with Crippen molar-refractivity contribution in [2.75, 3.05) is 0 Å². The summed E-state index contributed by atoms with van der Waals surface area (Å²) >= 11 is 4.64. The Balaban J connectivity index is 1.99. The van der Waals surface area contributed by atoms with Crippen LogP contribution in [0.3, 0.4) is 0 Å². The molecule has 2 aromatic heterocycles. The predicted molar refractivity (Wildman–Crippen MR) is 91.4 cm³/mol. The Bertz CT molecular complexity index is 1130. The molecule has 0 saturated carbocycles. The molecule has 2 heterocycles. The molecular formula is C16H9BrN2O2S. The van der Waals surface area contributed by atoms with E-state index in [1.807, 2.05) is 24.3 Å². The summed E-state index contributed by atoms with van der Waals surface area (Å²) in [5.41, 5.74) is 2.42. The maximum atomic E-state index is 12.6. The number of aromatic hydroxyl groups is 1. The number of phenols is 1. The van der Waals surface area contributed by atoms with E-state index < -0.39 is 0 Å². The molecule has 4 nitrogen and oxygen atoms in total. The van der Waals surface area contributed by atoms with Crippen LogP contribution < -0.4 is 10.1 Å². The van der Waals surface area contributed by atoms with Crippen LogP contribution in [0.15, 0.2) is 51.7 Å². The second kappa shape index (κ2) is 4.93. The summed E-state index contributed by atoms with van der Waals surface area (Å²) in [6.45, 7) is 0. The van der Waals surface area contributed by atoms with E-state index in [0.717, 1.165) is 16.6 Å². The summed E-state index contributed by atoms with van der Waals surface area (Å²) in [4.78, 5) is 17.8. The van der Waals surface area contributed by atoms with Gasteiger partial charge in [-0.1, -0.05) is 29.5 Å². The number of halogens is 1. The number of hydrogen-bond donors (Lipinski definition) is 1. The Kier molecular flexibility index (Phi) is 3.02. The van der Waals surface area contributed by atoms with Crippen LogP contribution in [-0.2, 0) is 0 Å². The van der Waals surface area contributed by atoms with E-state index in [0.29, 0.717) is 14.0 Å². The van der Waals surface area contributed by atoms with Gasteiger partial charge < -0.3 is 5.11 Å². The molecule has 0 unspecified atom stereocenters. The topological polar surface area (TPSA) is 54.6 Å². The van der Waals surface area contributed by atoms with Gasteiger partial charge in [0.05, 0.1) is 20.0 Å². The van der Waals surface area contributed by atoms with E-state index in [-0.39, 0.29) is 11.3 Å². The van der Waals surface area contributed by atoms with Gasteiger partial charge in [0, 0.05) is 0 Å². The molecule has 108 valence electrons. The fourth-order valence-corrected chi connectivity index (χ4v) is 3.76. The number of phenolic OH excluding ortho intramolecular Hbond substituents is 1. The largest absolute Gasteiger partial charge is 0.507 e. The number of rotatable bonds is 1. The third-order valence-electron chi connectivity index (χ3n) is 3.41. The number of para-hydroxylation sites is 2. The Morgan fingerprint density at radius 2 is 2.05 bits per heavy atom. The number of benzene rings is 2. The Hall–Kier alpha value is -2.18. The number of hydrogen-bond acceptors (Lipinski definition) is 4. The van der Waals surface area contributed by atoms with E-state index in [9.17, 15) is 9.90 Å². The van der Waals surface area contributed by atoms with Gasteiger partial charge in [-0.2, -0.15) is 0 Å². The van der Waals surface area contributed by atoms with Crippen LogP contribution >= 0.6 is 27.3 Å². The van der Waals surface area contributed by atoms with Crippen molar-refractivity contribution in [1.82, 2.24) is 9.38 Å². The second-order valence-electron chi connectivity index (χ2n) is 4.85. The minimum absolute atomic E-state index is 0.0714. The van der Waals surface area contributed by atoms with Crippen LogP contribution in [0.2, 0.25) is 0 Å². The molecule has 4 aromatic rings. The Morgan fingerprint density at radius 1 is 1.23 bits per heavy atom. The highest BCUT2D eigenvalue weighted by Crippen LogP contribution is 2.24. The van der Waals surface area contributed by atoms with Gasteiger partial charge >= 0.3 is 0 Å². The predicted octanol–water partition coefficient (Wildman–Crippen LogP) is 2.93. The third-order valence-corrected chi connectivity index (χ3v) is 5.02. The smallest absolute Gasteiger partial charge is 0.274 e. The quantitative estimate of drug-likeness (QED) is 0.558. The average Bonchev–Trinajstić information content (AvgIpc) is 3.00. The molecule has 0 radical (unpaired) electrons. The molecule has 4 rings (SSSR count). The minimum atomic E-state index is -0.0714. The molecule has 0 amide bonds. The maximum absolute atomic E-state index is 12.6. The zero-order chi connectivity index (χ0) is 15.3. The lowest BCUT2D eigenvalue weighted by atomic mass is 10.2. The van der Waals surface area contributed by atoms with Crippen LogP contribution in [0.5, 0.6) is 5.75 Å². The van der Waals surface area contributed by atoms with Crippen molar-refractivity contribution in [3.8, 4) is 5.75 Å². The second-order valence-corrected chi connectivity index (χ2v) is 6.71. The van der Waals surface area contributed by atoms with E-state index in [4.69, 9.17) is 0 Å². The molecule has 0 fully saturated rings. The van der Waals surface area contributed by atoms with Crippen molar-refractivity contribution in [2.24, 2.45) is 0 Å². The molecule has 1 N–H and O–H groups in total. The summed E-state index contributed by atoms with van der Waals surface area (Å²) in [5, 5.41) is 9.53. The van der Waals surface area contributed by atoms with Crippen molar-refractivity contribution in [1.29, 1.82) is 0 Å². The van der Waals surface area contributed by atoms with Gasteiger partial charge in [0.1, 0.15) is 5.75 Å². The standard InChI is InChI=1S/C16H9BrN2O2S/c17-10-7-9(5-6-13(10)20)8-14-15(21)19-12-4-2-1-3-11(12)18-16(19)22-14/h1-8,20H/b14-8+. The molecule has 22 heavy (non-hydrogen) atoms. The SMILES string of the molecule is O=c1/c(=C\c2ccc(O)c(Br)c2)sc2nc3ccccc3n12. The van der Waals surface area contributed by atoms with Gasteiger partial charge in [0.25, 0.3) is 5.56 Å². The van der Waals surface area contributed by atoms with Gasteiger partial charge in [0.15, 0.2) is 4.96 Å². The lowest BCUT2D eigenvalue weighted by Crippen LogP contribution is -2.22. The summed E-state index contributed by atoms with van der Waals surface area (Å²) in [5.74, 6) is 0.173. The van der Waals surface area contributed by atoms with E-state index >= 15 is 0 Å². The lowest BCUT2D eigenvalue weighted by Gasteiger charge is -1.97. The minimum Gasteiger partial charge on any atom is -0.507 e. The molecular weight excluding hydrogens is 364 g/mol. The molecule has 0 bridgehead atoms. The molecule has 0 aliphatic rings. The van der Waals surface area contributed by atoms with Crippen molar-refractivity contribution < 1.29 is 5.11 Å². The summed E-state index contributed by atoms with van der Waals surface area (Å²) in [6.07, 6.45) is 1.81. The highest BCUT2D eigenvalue weighted by atomic mass is 79.9. The fraction of sp³-hybridized carbons (Fsp3) is 0. The molecule has 2 aromatic carbocycles. The average molecular weight is 373 g/mol. The first-order chi connectivity index (χ1) is 10.6. The number of aromatic nitrogens is 2. The van der Waals surface area contributed by atoms with Crippen LogP contribution in [0, 0.1) is 0 Å².